The van der Waals surface area contributed by atoms with Crippen molar-refractivity contribution in [2.24, 2.45) is 35.0 Å². The molecule has 3 saturated carbocycles. The standard InChI is InChI=1S/C32H57N/c1-3-5-7-8-9-11-13-28-16-20-31(21-17-28)32(26-33)24-22-30(23-25-32)29-18-14-27(15-19-29)12-10-6-4-2/h27-31H,3-25H2,1-2H3/t27?,28?,29?,30-,31?,32-. The summed E-state index contributed by atoms with van der Waals surface area (Å²) in [6.07, 6.45) is 32.4. The Labute approximate surface area is 207 Å². The summed E-state index contributed by atoms with van der Waals surface area (Å²) in [6, 6.07) is 2.93. The smallest absolute Gasteiger partial charge is 0.0692 e. The van der Waals surface area contributed by atoms with E-state index in [4.69, 9.17) is 0 Å². The van der Waals surface area contributed by atoms with Crippen LogP contribution in [-0.2, 0) is 0 Å². The van der Waals surface area contributed by atoms with E-state index in [1.54, 1.807) is 0 Å². The Bertz CT molecular complexity index is 535. The Morgan fingerprint density at radius 3 is 1.61 bits per heavy atom. The van der Waals surface area contributed by atoms with Gasteiger partial charge in [0.25, 0.3) is 0 Å². The van der Waals surface area contributed by atoms with Gasteiger partial charge in [-0.15, -0.1) is 0 Å². The second-order valence-electron chi connectivity index (χ2n) is 12.7. The lowest BCUT2D eigenvalue weighted by atomic mass is 9.57. The van der Waals surface area contributed by atoms with Crippen LogP contribution in [0.25, 0.3) is 0 Å². The molecular formula is C32H57N. The fraction of sp³-hybridized carbons (Fsp3) is 0.969. The molecule has 1 heteroatoms. The highest BCUT2D eigenvalue weighted by Gasteiger charge is 2.44. The Balaban J connectivity index is 1.34. The Kier molecular flexibility index (Phi) is 12.1. The molecule has 0 amide bonds. The first kappa shape index (κ1) is 27.1. The predicted octanol–water partition coefficient (Wildman–Crippen LogP) is 10.6. The number of rotatable bonds is 13. The van der Waals surface area contributed by atoms with Crippen molar-refractivity contribution in [1.29, 1.82) is 5.26 Å². The average molecular weight is 456 g/mol. The van der Waals surface area contributed by atoms with Crippen LogP contribution in [0, 0.1) is 46.3 Å². The molecule has 0 spiro atoms. The Morgan fingerprint density at radius 2 is 1.03 bits per heavy atom. The average Bonchev–Trinajstić information content (AvgIpc) is 2.87. The molecule has 0 radical (unpaired) electrons. The SMILES string of the molecule is CCCCCCCCC1CCC([C@]2(C#N)CC[C@@H](C3CCC(CCCCC)CC3)CC2)CC1. The second kappa shape index (κ2) is 14.8. The first-order valence-electron chi connectivity index (χ1n) is 15.6. The quantitative estimate of drug-likeness (QED) is 0.253. The number of unbranched alkanes of at least 4 members (excludes halogenated alkanes) is 7. The molecular weight excluding hydrogens is 398 g/mol. The molecule has 0 saturated heterocycles. The van der Waals surface area contributed by atoms with Gasteiger partial charge in [0.05, 0.1) is 11.5 Å². The highest BCUT2D eigenvalue weighted by molar-refractivity contribution is 5.06. The second-order valence-corrected chi connectivity index (χ2v) is 12.7. The van der Waals surface area contributed by atoms with Gasteiger partial charge in [-0.1, -0.05) is 110 Å². The molecule has 0 aromatic carbocycles. The largest absolute Gasteiger partial charge is 0.198 e. The summed E-state index contributed by atoms with van der Waals surface area (Å²) in [4.78, 5) is 0. The molecule has 33 heavy (non-hydrogen) atoms. The van der Waals surface area contributed by atoms with Crippen LogP contribution in [0.3, 0.4) is 0 Å². The minimum absolute atomic E-state index is 0.0407. The zero-order valence-corrected chi connectivity index (χ0v) is 22.6. The summed E-state index contributed by atoms with van der Waals surface area (Å²) >= 11 is 0. The van der Waals surface area contributed by atoms with E-state index in [0.717, 1.165) is 23.7 Å². The van der Waals surface area contributed by atoms with Crippen LogP contribution in [0.2, 0.25) is 0 Å². The third kappa shape index (κ3) is 8.29. The fourth-order valence-corrected chi connectivity index (χ4v) is 8.09. The van der Waals surface area contributed by atoms with Gasteiger partial charge >= 0.3 is 0 Å². The molecule has 0 aliphatic heterocycles. The van der Waals surface area contributed by atoms with Gasteiger partial charge in [0.1, 0.15) is 0 Å². The first-order chi connectivity index (χ1) is 16.2. The van der Waals surface area contributed by atoms with Gasteiger partial charge in [0, 0.05) is 0 Å². The molecule has 0 bridgehead atoms. The molecule has 0 atom stereocenters. The van der Waals surface area contributed by atoms with Crippen LogP contribution in [0.15, 0.2) is 0 Å². The van der Waals surface area contributed by atoms with Crippen LogP contribution < -0.4 is 0 Å². The van der Waals surface area contributed by atoms with Crippen molar-refractivity contribution in [3.8, 4) is 6.07 Å². The molecule has 0 heterocycles. The van der Waals surface area contributed by atoms with Gasteiger partial charge < -0.3 is 0 Å². The van der Waals surface area contributed by atoms with Crippen molar-refractivity contribution in [2.75, 3.05) is 0 Å². The van der Waals surface area contributed by atoms with E-state index in [9.17, 15) is 5.26 Å². The third-order valence-corrected chi connectivity index (χ3v) is 10.5. The van der Waals surface area contributed by atoms with Crippen LogP contribution in [0.5, 0.6) is 0 Å². The lowest BCUT2D eigenvalue weighted by molar-refractivity contribution is 0.0601. The summed E-state index contributed by atoms with van der Waals surface area (Å²) in [7, 11) is 0. The molecule has 190 valence electrons. The molecule has 0 aromatic heterocycles. The molecule has 3 aliphatic carbocycles. The minimum Gasteiger partial charge on any atom is -0.198 e. The zero-order valence-electron chi connectivity index (χ0n) is 22.6. The van der Waals surface area contributed by atoms with Gasteiger partial charge in [-0.05, 0) is 81.0 Å². The van der Waals surface area contributed by atoms with Crippen molar-refractivity contribution in [3.05, 3.63) is 0 Å². The highest BCUT2D eigenvalue weighted by Crippen LogP contribution is 2.52. The molecule has 0 unspecified atom stereocenters. The summed E-state index contributed by atoms with van der Waals surface area (Å²) in [5.41, 5.74) is 0.0407. The van der Waals surface area contributed by atoms with Crippen LogP contribution in [0.1, 0.15) is 162 Å². The van der Waals surface area contributed by atoms with Crippen molar-refractivity contribution in [3.63, 3.8) is 0 Å². The van der Waals surface area contributed by atoms with Crippen molar-refractivity contribution < 1.29 is 0 Å². The van der Waals surface area contributed by atoms with Crippen LogP contribution >= 0.6 is 0 Å². The van der Waals surface area contributed by atoms with E-state index >= 15 is 0 Å². The normalized spacial score (nSPS) is 35.2. The predicted molar refractivity (Wildman–Crippen MR) is 143 cm³/mol. The monoisotopic (exact) mass is 455 g/mol. The highest BCUT2D eigenvalue weighted by atomic mass is 14.5. The minimum atomic E-state index is 0.0407. The molecule has 3 aliphatic rings. The fourth-order valence-electron chi connectivity index (χ4n) is 8.09. The zero-order chi connectivity index (χ0) is 23.4. The van der Waals surface area contributed by atoms with Gasteiger partial charge in [-0.25, -0.2) is 0 Å². The van der Waals surface area contributed by atoms with E-state index in [1.165, 1.54) is 148 Å². The molecule has 0 N–H and O–H groups in total. The molecule has 3 rings (SSSR count). The van der Waals surface area contributed by atoms with Gasteiger partial charge in [-0.2, -0.15) is 5.26 Å². The maximum atomic E-state index is 10.3. The first-order valence-corrected chi connectivity index (χ1v) is 15.6. The van der Waals surface area contributed by atoms with Crippen molar-refractivity contribution >= 4 is 0 Å². The maximum Gasteiger partial charge on any atom is 0.0692 e. The molecule has 1 nitrogen and oxygen atoms in total. The number of hydrogen-bond donors (Lipinski definition) is 0. The number of nitriles is 1. The number of hydrogen-bond acceptors (Lipinski definition) is 1. The van der Waals surface area contributed by atoms with E-state index in [-0.39, 0.29) is 5.41 Å². The maximum absolute atomic E-state index is 10.3. The van der Waals surface area contributed by atoms with E-state index in [0.29, 0.717) is 5.92 Å². The van der Waals surface area contributed by atoms with E-state index in [1.807, 2.05) is 0 Å². The van der Waals surface area contributed by atoms with E-state index < -0.39 is 0 Å². The van der Waals surface area contributed by atoms with Gasteiger partial charge in [-0.3, -0.25) is 0 Å². The van der Waals surface area contributed by atoms with Crippen LogP contribution in [0.4, 0.5) is 0 Å². The summed E-state index contributed by atoms with van der Waals surface area (Å²) in [6.45, 7) is 4.63. The van der Waals surface area contributed by atoms with Gasteiger partial charge in [0.2, 0.25) is 0 Å². The summed E-state index contributed by atoms with van der Waals surface area (Å²) in [5, 5.41) is 10.3. The van der Waals surface area contributed by atoms with Crippen molar-refractivity contribution in [2.45, 2.75) is 162 Å². The molecule has 0 aromatic rings. The third-order valence-electron chi connectivity index (χ3n) is 10.5. The topological polar surface area (TPSA) is 23.8 Å². The van der Waals surface area contributed by atoms with E-state index in [2.05, 4.69) is 19.9 Å². The summed E-state index contributed by atoms with van der Waals surface area (Å²) in [5.74, 6) is 4.62. The van der Waals surface area contributed by atoms with Gasteiger partial charge in [0.15, 0.2) is 0 Å². The summed E-state index contributed by atoms with van der Waals surface area (Å²) < 4.78 is 0. The molecule has 3 fully saturated rings. The Morgan fingerprint density at radius 1 is 0.576 bits per heavy atom. The lowest BCUT2D eigenvalue weighted by Crippen LogP contribution is -2.38. The number of nitrogens with zero attached hydrogens (tertiary/aromatic N) is 1. The Hall–Kier alpha value is -0.510. The lowest BCUT2D eigenvalue weighted by Gasteiger charge is -2.46. The van der Waals surface area contributed by atoms with Crippen LogP contribution in [-0.4, -0.2) is 0 Å². The van der Waals surface area contributed by atoms with Crippen molar-refractivity contribution in [1.82, 2.24) is 0 Å².